The first-order valence-electron chi connectivity index (χ1n) is 15.2. The largest absolute Gasteiger partial charge is 0.493 e. The van der Waals surface area contributed by atoms with Crippen LogP contribution in [-0.2, 0) is 19.4 Å². The first kappa shape index (κ1) is 31.4. The van der Waals surface area contributed by atoms with Gasteiger partial charge >= 0.3 is 0 Å². The highest BCUT2D eigenvalue weighted by molar-refractivity contribution is 7.11. The van der Waals surface area contributed by atoms with Crippen LogP contribution in [0.5, 0.6) is 17.2 Å². The second-order valence-electron chi connectivity index (χ2n) is 12.2. The number of nitrogens with zero attached hydrogens (tertiary/aromatic N) is 2. The van der Waals surface area contributed by atoms with E-state index < -0.39 is 0 Å². The SMILES string of the molecule is CCCc1ccc(CCC(C)(C)CCN2CCN(Cc3ccc(OC)c(OC)c3OC)CC2)s1.Cc1cc2ccc1=2. The normalized spacial score (nSPS) is 14.8. The molecule has 0 saturated carbocycles. The Morgan fingerprint density at radius 3 is 1.98 bits per heavy atom. The van der Waals surface area contributed by atoms with Crippen molar-refractivity contribution in [2.75, 3.05) is 54.1 Å². The molecule has 6 heteroatoms. The van der Waals surface area contributed by atoms with Crippen molar-refractivity contribution in [3.8, 4) is 17.2 Å². The summed E-state index contributed by atoms with van der Waals surface area (Å²) in [5.41, 5.74) is 2.96. The number of ether oxygens (including phenoxy) is 3. The lowest BCUT2D eigenvalue weighted by molar-refractivity contribution is 0.112. The van der Waals surface area contributed by atoms with Crippen LogP contribution < -0.4 is 14.2 Å². The standard InChI is InChI=1S/C28H44N2O3S.C7H6/c1-7-8-23-10-11-24(34-23)13-14-28(2,3)15-16-29-17-19-30(20-18-29)21-22-9-12-25(31-4)27(33-6)26(22)32-5;1-5-4-6-2-3-7(5)6/h9-12H,7-8,13-21H2,1-6H3;2-4H,1H3. The summed E-state index contributed by atoms with van der Waals surface area (Å²) in [4.78, 5) is 8.24. The topological polar surface area (TPSA) is 34.2 Å². The van der Waals surface area contributed by atoms with Gasteiger partial charge in [0.15, 0.2) is 11.5 Å². The maximum atomic E-state index is 5.68. The lowest BCUT2D eigenvalue weighted by Gasteiger charge is -2.36. The predicted molar refractivity (Wildman–Crippen MR) is 172 cm³/mol. The Kier molecular flexibility index (Phi) is 11.2. The highest BCUT2D eigenvalue weighted by Gasteiger charge is 2.24. The monoisotopic (exact) mass is 578 g/mol. The van der Waals surface area contributed by atoms with Crippen LogP contribution in [0.25, 0.3) is 0 Å². The molecule has 0 bridgehead atoms. The number of rotatable bonds is 13. The van der Waals surface area contributed by atoms with Crippen molar-refractivity contribution in [1.82, 2.24) is 9.80 Å². The predicted octanol–water partition coefficient (Wildman–Crippen LogP) is 7.49. The van der Waals surface area contributed by atoms with Crippen LogP contribution >= 0.6 is 11.3 Å². The van der Waals surface area contributed by atoms with E-state index in [1.807, 2.05) is 17.4 Å². The number of benzene rings is 2. The van der Waals surface area contributed by atoms with Crippen LogP contribution in [0.1, 0.15) is 60.9 Å². The molecular weight excluding hydrogens is 528 g/mol. The Bertz CT molecular complexity index is 1360. The van der Waals surface area contributed by atoms with Gasteiger partial charge < -0.3 is 19.1 Å². The fourth-order valence-corrected chi connectivity index (χ4v) is 6.78. The van der Waals surface area contributed by atoms with Crippen LogP contribution in [0.4, 0.5) is 0 Å². The van der Waals surface area contributed by atoms with Gasteiger partial charge in [0.2, 0.25) is 5.75 Å². The molecule has 0 radical (unpaired) electrons. The average molecular weight is 579 g/mol. The number of piperazine rings is 1. The second kappa shape index (κ2) is 14.6. The van der Waals surface area contributed by atoms with Crippen LogP contribution in [0, 0.1) is 22.8 Å². The van der Waals surface area contributed by atoms with E-state index in [0.29, 0.717) is 16.9 Å². The molecule has 224 valence electrons. The fraction of sp³-hybridized carbons (Fsp3) is 0.543. The Hall–Kier alpha value is -2.54. The number of aryl methyl sites for hydroxylation is 3. The van der Waals surface area contributed by atoms with E-state index in [4.69, 9.17) is 14.2 Å². The van der Waals surface area contributed by atoms with Crippen molar-refractivity contribution in [2.24, 2.45) is 5.41 Å². The van der Waals surface area contributed by atoms with Gasteiger partial charge in [-0.1, -0.05) is 51.5 Å². The minimum atomic E-state index is 0.374. The Morgan fingerprint density at radius 1 is 0.780 bits per heavy atom. The lowest BCUT2D eigenvalue weighted by Crippen LogP contribution is -2.46. The summed E-state index contributed by atoms with van der Waals surface area (Å²) >= 11 is 2.01. The average Bonchev–Trinajstić information content (AvgIpc) is 3.42. The molecule has 0 spiro atoms. The van der Waals surface area contributed by atoms with E-state index in [1.165, 1.54) is 54.6 Å². The van der Waals surface area contributed by atoms with Crippen molar-refractivity contribution in [1.29, 1.82) is 0 Å². The molecule has 3 aliphatic rings. The van der Waals surface area contributed by atoms with Crippen LogP contribution in [-0.4, -0.2) is 63.9 Å². The molecule has 5 nitrogen and oxygen atoms in total. The molecule has 5 rings (SSSR count). The van der Waals surface area contributed by atoms with Gasteiger partial charge in [-0.05, 0) is 78.8 Å². The molecule has 1 saturated heterocycles. The quantitative estimate of drug-likeness (QED) is 0.164. The Balaban J connectivity index is 0.000000473. The summed E-state index contributed by atoms with van der Waals surface area (Å²) in [6, 6.07) is 15.2. The minimum Gasteiger partial charge on any atom is -0.493 e. The zero-order valence-corrected chi connectivity index (χ0v) is 27.2. The number of methoxy groups -OCH3 is 3. The van der Waals surface area contributed by atoms with E-state index in [9.17, 15) is 0 Å². The maximum Gasteiger partial charge on any atom is 0.203 e. The van der Waals surface area contributed by atoms with Crippen molar-refractivity contribution in [3.05, 3.63) is 73.8 Å². The maximum absolute atomic E-state index is 5.68. The van der Waals surface area contributed by atoms with Crippen molar-refractivity contribution >= 4 is 11.3 Å². The minimum absolute atomic E-state index is 0.374. The molecule has 2 aromatic rings. The molecule has 2 aliphatic carbocycles. The first-order chi connectivity index (χ1) is 19.8. The third kappa shape index (κ3) is 8.27. The molecule has 41 heavy (non-hydrogen) atoms. The molecule has 1 aromatic heterocycles. The summed E-state index contributed by atoms with van der Waals surface area (Å²) in [6.07, 6.45) is 6.18. The van der Waals surface area contributed by atoms with Gasteiger partial charge in [0, 0.05) is 48.0 Å². The summed E-state index contributed by atoms with van der Waals surface area (Å²) in [6.45, 7) is 15.7. The van der Waals surface area contributed by atoms with Crippen molar-refractivity contribution in [2.45, 2.75) is 66.3 Å². The third-order valence-corrected chi connectivity index (χ3v) is 9.75. The summed E-state index contributed by atoms with van der Waals surface area (Å²) < 4.78 is 16.6. The summed E-state index contributed by atoms with van der Waals surface area (Å²) in [5.74, 6) is 2.15. The van der Waals surface area contributed by atoms with E-state index in [1.54, 1.807) is 31.1 Å². The third-order valence-electron chi connectivity index (χ3n) is 8.55. The van der Waals surface area contributed by atoms with Gasteiger partial charge in [-0.15, -0.1) is 11.3 Å². The lowest BCUT2D eigenvalue weighted by atomic mass is 9.84. The molecule has 1 aliphatic heterocycles. The van der Waals surface area contributed by atoms with Crippen LogP contribution in [0.2, 0.25) is 0 Å². The van der Waals surface area contributed by atoms with Gasteiger partial charge in [-0.25, -0.2) is 0 Å². The van der Waals surface area contributed by atoms with Gasteiger partial charge in [0.05, 0.1) is 21.3 Å². The van der Waals surface area contributed by atoms with Crippen LogP contribution in [0.15, 0.2) is 42.5 Å². The first-order valence-corrected chi connectivity index (χ1v) is 16.0. The van der Waals surface area contributed by atoms with Crippen molar-refractivity contribution < 1.29 is 14.2 Å². The molecule has 1 aromatic carbocycles. The molecular formula is C35H50N2O3S. The molecule has 2 heterocycles. The molecule has 0 amide bonds. The Morgan fingerprint density at radius 2 is 1.46 bits per heavy atom. The number of thiophene rings is 1. The van der Waals surface area contributed by atoms with Gasteiger partial charge in [0.1, 0.15) is 0 Å². The fourth-order valence-electron chi connectivity index (χ4n) is 5.67. The van der Waals surface area contributed by atoms with Gasteiger partial charge in [-0.3, -0.25) is 4.90 Å². The van der Waals surface area contributed by atoms with E-state index in [0.717, 1.165) is 44.0 Å². The van der Waals surface area contributed by atoms with E-state index >= 15 is 0 Å². The summed E-state index contributed by atoms with van der Waals surface area (Å²) in [7, 11) is 5.01. The van der Waals surface area contributed by atoms with Crippen molar-refractivity contribution in [3.63, 3.8) is 0 Å². The number of hydrogen-bond acceptors (Lipinski definition) is 6. The Labute approximate surface area is 251 Å². The zero-order chi connectivity index (χ0) is 29.4. The zero-order valence-electron chi connectivity index (χ0n) is 26.3. The molecule has 1 fully saturated rings. The van der Waals surface area contributed by atoms with E-state index in [-0.39, 0.29) is 0 Å². The molecule has 0 N–H and O–H groups in total. The smallest absolute Gasteiger partial charge is 0.203 e. The van der Waals surface area contributed by atoms with Crippen LogP contribution in [0.3, 0.4) is 0 Å². The molecule has 0 atom stereocenters. The number of hydrogen-bond donors (Lipinski definition) is 0. The second-order valence-corrected chi connectivity index (χ2v) is 13.4. The highest BCUT2D eigenvalue weighted by Crippen LogP contribution is 2.40. The van der Waals surface area contributed by atoms with Gasteiger partial charge in [0.25, 0.3) is 0 Å². The van der Waals surface area contributed by atoms with Gasteiger partial charge in [-0.2, -0.15) is 0 Å². The highest BCUT2D eigenvalue weighted by atomic mass is 32.1. The summed E-state index contributed by atoms with van der Waals surface area (Å²) in [5, 5.41) is 2.91. The molecule has 0 unspecified atom stereocenters. The van der Waals surface area contributed by atoms with E-state index in [2.05, 4.69) is 73.9 Å².